The molecule has 0 radical (unpaired) electrons. The fourth-order valence-electron chi connectivity index (χ4n) is 3.83. The van der Waals surface area contributed by atoms with E-state index >= 15 is 4.39 Å². The number of esters is 1. The quantitative estimate of drug-likeness (QED) is 0.427. The minimum Gasteiger partial charge on any atom is -0.493 e. The number of halogens is 1. The lowest BCUT2D eigenvalue weighted by molar-refractivity contribution is -0.142. The monoisotopic (exact) mass is 445 g/mol. The highest BCUT2D eigenvalue weighted by Gasteiger charge is 2.17. The largest absolute Gasteiger partial charge is 0.493 e. The van der Waals surface area contributed by atoms with E-state index in [0.29, 0.717) is 53.6 Å². The van der Waals surface area contributed by atoms with Crippen molar-refractivity contribution in [2.75, 3.05) is 18.5 Å². The van der Waals surface area contributed by atoms with Gasteiger partial charge in [0.15, 0.2) is 5.69 Å². The summed E-state index contributed by atoms with van der Waals surface area (Å²) in [4.78, 5) is 20.2. The number of pyridine rings is 1. The molecule has 0 saturated heterocycles. The molecular weight excluding hydrogens is 421 g/mol. The lowest BCUT2D eigenvalue weighted by atomic mass is 10.0. The van der Waals surface area contributed by atoms with Crippen molar-refractivity contribution in [2.24, 2.45) is 0 Å². The molecule has 4 bridgehead atoms. The Morgan fingerprint density at radius 1 is 1.24 bits per heavy atom. The third kappa shape index (κ3) is 5.29. The molecule has 0 fully saturated rings. The molecule has 1 aliphatic heterocycles. The number of hydrogen-bond donors (Lipinski definition) is 1. The molecule has 168 valence electrons. The second-order valence-electron chi connectivity index (χ2n) is 7.70. The average Bonchev–Trinajstić information content (AvgIpc) is 2.81. The minimum absolute atomic E-state index is 0.0768. The van der Waals surface area contributed by atoms with E-state index in [1.807, 2.05) is 24.3 Å². The number of nitrogens with zero attached hydrogens (tertiary/aromatic N) is 2. The summed E-state index contributed by atoms with van der Waals surface area (Å²) in [5.74, 6) is 0.137. The van der Waals surface area contributed by atoms with Crippen molar-refractivity contribution < 1.29 is 18.7 Å². The summed E-state index contributed by atoms with van der Waals surface area (Å²) in [6.07, 6.45) is 1.34. The van der Waals surface area contributed by atoms with Crippen LogP contribution in [-0.2, 0) is 28.9 Å². The fraction of sp³-hybridized carbons (Fsp3) is 0.269. The normalized spacial score (nSPS) is 12.9. The van der Waals surface area contributed by atoms with Gasteiger partial charge < -0.3 is 14.8 Å². The van der Waals surface area contributed by atoms with Crippen molar-refractivity contribution in [1.29, 1.82) is 0 Å². The molecule has 0 unspecified atom stereocenters. The summed E-state index contributed by atoms with van der Waals surface area (Å²) < 4.78 is 26.1. The Kier molecular flexibility index (Phi) is 6.84. The summed E-state index contributed by atoms with van der Waals surface area (Å²) in [6.45, 7) is 10.2. The van der Waals surface area contributed by atoms with Crippen LogP contribution in [0.1, 0.15) is 30.0 Å². The van der Waals surface area contributed by atoms with Crippen LogP contribution in [0.5, 0.6) is 5.75 Å². The van der Waals surface area contributed by atoms with Crippen molar-refractivity contribution in [1.82, 2.24) is 4.98 Å². The highest BCUT2D eigenvalue weighted by molar-refractivity contribution is 5.75. The SMILES string of the molecule is [C-]#[N+]c1ccc2c(c1)CCCOc1cc(c(F)cc1CC(=O)OCC)-c1cccc(n1)NC2. The van der Waals surface area contributed by atoms with E-state index in [4.69, 9.17) is 16.0 Å². The number of aryl methyl sites for hydroxylation is 1. The van der Waals surface area contributed by atoms with E-state index in [2.05, 4.69) is 15.1 Å². The Morgan fingerprint density at radius 2 is 2.12 bits per heavy atom. The van der Waals surface area contributed by atoms with E-state index in [0.717, 1.165) is 17.5 Å². The van der Waals surface area contributed by atoms with Crippen molar-refractivity contribution in [3.05, 3.63) is 82.5 Å². The molecule has 2 aromatic carbocycles. The van der Waals surface area contributed by atoms with Gasteiger partial charge in [-0.15, -0.1) is 0 Å². The van der Waals surface area contributed by atoms with Gasteiger partial charge in [0.2, 0.25) is 0 Å². The molecule has 0 atom stereocenters. The zero-order valence-electron chi connectivity index (χ0n) is 18.4. The summed E-state index contributed by atoms with van der Waals surface area (Å²) >= 11 is 0. The third-order valence-corrected chi connectivity index (χ3v) is 5.44. The van der Waals surface area contributed by atoms with Gasteiger partial charge in [-0.05, 0) is 49.6 Å². The number of carbonyl (C=O) groups is 1. The van der Waals surface area contributed by atoms with Gasteiger partial charge in [-0.25, -0.2) is 14.2 Å². The molecule has 0 saturated carbocycles. The van der Waals surface area contributed by atoms with Crippen LogP contribution in [0.3, 0.4) is 0 Å². The number of rotatable bonds is 3. The van der Waals surface area contributed by atoms with Crippen LogP contribution in [-0.4, -0.2) is 24.2 Å². The van der Waals surface area contributed by atoms with Crippen LogP contribution in [0, 0.1) is 12.4 Å². The number of hydrogen-bond acceptors (Lipinski definition) is 5. The molecule has 0 aliphatic carbocycles. The van der Waals surface area contributed by atoms with Crippen LogP contribution >= 0.6 is 0 Å². The first kappa shape index (κ1) is 22.3. The lowest BCUT2D eigenvalue weighted by Gasteiger charge is -2.17. The van der Waals surface area contributed by atoms with Crippen molar-refractivity contribution in [3.8, 4) is 17.0 Å². The second-order valence-corrected chi connectivity index (χ2v) is 7.70. The predicted molar refractivity (Wildman–Crippen MR) is 124 cm³/mol. The lowest BCUT2D eigenvalue weighted by Crippen LogP contribution is -2.11. The van der Waals surface area contributed by atoms with Gasteiger partial charge in [0, 0.05) is 17.7 Å². The van der Waals surface area contributed by atoms with Crippen LogP contribution in [0.2, 0.25) is 0 Å². The Labute approximate surface area is 192 Å². The first-order valence-electron chi connectivity index (χ1n) is 10.9. The zero-order valence-corrected chi connectivity index (χ0v) is 18.4. The molecule has 33 heavy (non-hydrogen) atoms. The van der Waals surface area contributed by atoms with E-state index in [9.17, 15) is 4.79 Å². The summed E-state index contributed by atoms with van der Waals surface area (Å²) in [7, 11) is 0. The highest BCUT2D eigenvalue weighted by Crippen LogP contribution is 2.31. The fourth-order valence-corrected chi connectivity index (χ4v) is 3.83. The molecule has 1 aliphatic rings. The van der Waals surface area contributed by atoms with Gasteiger partial charge >= 0.3 is 5.97 Å². The molecule has 3 aromatic rings. The van der Waals surface area contributed by atoms with E-state index in [1.165, 1.54) is 6.07 Å². The summed E-state index contributed by atoms with van der Waals surface area (Å²) in [6, 6.07) is 14.0. The number of ether oxygens (including phenoxy) is 2. The van der Waals surface area contributed by atoms with E-state index < -0.39 is 11.8 Å². The molecule has 1 N–H and O–H groups in total. The summed E-state index contributed by atoms with van der Waals surface area (Å²) in [5, 5.41) is 3.31. The third-order valence-electron chi connectivity index (χ3n) is 5.44. The number of nitrogens with one attached hydrogen (secondary N) is 1. The van der Waals surface area contributed by atoms with E-state index in [1.54, 1.807) is 25.1 Å². The van der Waals surface area contributed by atoms with Crippen LogP contribution in [0.15, 0.2) is 48.5 Å². The molecule has 1 aromatic heterocycles. The molecule has 7 heteroatoms. The average molecular weight is 445 g/mol. The van der Waals surface area contributed by atoms with Gasteiger partial charge in [-0.2, -0.15) is 0 Å². The molecule has 6 nitrogen and oxygen atoms in total. The molecule has 0 spiro atoms. The van der Waals surface area contributed by atoms with Crippen LogP contribution in [0.25, 0.3) is 16.1 Å². The topological polar surface area (TPSA) is 64.8 Å². The number of aromatic nitrogens is 1. The first-order valence-corrected chi connectivity index (χ1v) is 10.9. The minimum atomic E-state index is -0.476. The molecule has 2 heterocycles. The Bertz CT molecular complexity index is 1220. The smallest absolute Gasteiger partial charge is 0.310 e. The summed E-state index contributed by atoms with van der Waals surface area (Å²) in [5.41, 5.74) is 3.94. The van der Waals surface area contributed by atoms with Crippen molar-refractivity contribution in [3.63, 3.8) is 0 Å². The number of benzene rings is 2. The number of carbonyl (C=O) groups excluding carboxylic acids is 1. The van der Waals surface area contributed by atoms with Crippen LogP contribution in [0.4, 0.5) is 15.9 Å². The Balaban J connectivity index is 1.73. The second kappa shape index (κ2) is 10.1. The standard InChI is InChI=1S/C26H24FN3O3/c1-3-32-26(31)14-19-13-22(27)21-15-24(19)33-11-5-6-17-12-20(28-2)10-9-18(17)16-29-25-8-4-7-23(21)30-25/h4,7-10,12-13,15H,3,5-6,11,14,16H2,1H3,(H,29,30). The van der Waals surface area contributed by atoms with E-state index in [-0.39, 0.29) is 13.0 Å². The Morgan fingerprint density at radius 3 is 2.94 bits per heavy atom. The van der Waals surface area contributed by atoms with Gasteiger partial charge in [0.25, 0.3) is 0 Å². The molecule has 4 rings (SSSR count). The maximum atomic E-state index is 15.0. The van der Waals surface area contributed by atoms with Crippen molar-refractivity contribution in [2.45, 2.75) is 32.7 Å². The van der Waals surface area contributed by atoms with Gasteiger partial charge in [0.1, 0.15) is 17.4 Å². The maximum Gasteiger partial charge on any atom is 0.310 e. The van der Waals surface area contributed by atoms with Crippen LogP contribution < -0.4 is 10.1 Å². The molecular formula is C26H24FN3O3. The van der Waals surface area contributed by atoms with Gasteiger partial charge in [-0.1, -0.05) is 29.8 Å². The number of anilines is 1. The number of fused-ring (bicyclic) bond motifs is 6. The first-order chi connectivity index (χ1) is 16.1. The Hall–Kier alpha value is -3.92. The predicted octanol–water partition coefficient (Wildman–Crippen LogP) is 5.48. The van der Waals surface area contributed by atoms with Crippen molar-refractivity contribution >= 4 is 17.5 Å². The van der Waals surface area contributed by atoms with Gasteiger partial charge in [-0.3, -0.25) is 4.79 Å². The highest BCUT2D eigenvalue weighted by atomic mass is 19.1. The van der Waals surface area contributed by atoms with Gasteiger partial charge in [0.05, 0.1) is 31.9 Å². The zero-order chi connectivity index (χ0) is 23.2. The maximum absolute atomic E-state index is 15.0. The molecule has 0 amide bonds.